The molecule has 9 heteroatoms. The number of benzene rings is 2. The van der Waals surface area contributed by atoms with Gasteiger partial charge in [0, 0.05) is 11.8 Å². The van der Waals surface area contributed by atoms with E-state index in [2.05, 4.69) is 15.8 Å². The molecule has 0 bridgehead atoms. The van der Waals surface area contributed by atoms with Crippen LogP contribution < -0.4 is 10.6 Å². The number of hydrogen-bond donors (Lipinski definition) is 3. The Balaban J connectivity index is 2.17. The molecule has 0 aliphatic carbocycles. The smallest absolute Gasteiger partial charge is 0.319 e. The summed E-state index contributed by atoms with van der Waals surface area (Å²) < 4.78 is 0. The molecule has 0 spiro atoms. The van der Waals surface area contributed by atoms with Crippen molar-refractivity contribution >= 4 is 34.7 Å². The molecule has 2 rings (SSSR count). The molecule has 0 aliphatic heterocycles. The normalized spacial score (nSPS) is 11.8. The van der Waals surface area contributed by atoms with Crippen LogP contribution in [0.1, 0.15) is 31.9 Å². The monoisotopic (exact) mass is 390 g/mol. The van der Waals surface area contributed by atoms with Gasteiger partial charge < -0.3 is 15.8 Å². The van der Waals surface area contributed by atoms with E-state index >= 15 is 0 Å². The number of nitro benzene ring substituents is 1. The van der Waals surface area contributed by atoms with Crippen LogP contribution in [0.5, 0.6) is 0 Å². The molecule has 0 radical (unpaired) electrons. The number of nitro groups is 1. The topological polar surface area (TPSA) is 117 Å². The number of carbonyl (C=O) groups excluding carboxylic acids is 1. The van der Waals surface area contributed by atoms with Crippen molar-refractivity contribution in [1.29, 1.82) is 0 Å². The third-order valence-electron chi connectivity index (χ3n) is 3.98. The molecule has 142 valence electrons. The molecular formula is C18H19ClN4O4. The van der Waals surface area contributed by atoms with Crippen LogP contribution in [0.4, 0.5) is 16.2 Å². The van der Waals surface area contributed by atoms with Gasteiger partial charge in [0.25, 0.3) is 5.69 Å². The minimum Gasteiger partial charge on any atom is -0.411 e. The summed E-state index contributed by atoms with van der Waals surface area (Å²) in [6.45, 7) is 5.28. The summed E-state index contributed by atoms with van der Waals surface area (Å²) in [5, 5.41) is 28.4. The van der Waals surface area contributed by atoms with Crippen molar-refractivity contribution in [3.05, 3.63) is 68.7 Å². The summed E-state index contributed by atoms with van der Waals surface area (Å²) in [6.07, 6.45) is 0. The number of amides is 2. The fourth-order valence-corrected chi connectivity index (χ4v) is 2.63. The Morgan fingerprint density at radius 3 is 2.59 bits per heavy atom. The minimum atomic E-state index is -0.756. The van der Waals surface area contributed by atoms with Gasteiger partial charge in [-0.05, 0) is 50.1 Å². The zero-order valence-electron chi connectivity index (χ0n) is 15.0. The lowest BCUT2D eigenvalue weighted by Gasteiger charge is -2.27. The summed E-state index contributed by atoms with van der Waals surface area (Å²) >= 11 is 5.77. The van der Waals surface area contributed by atoms with Gasteiger partial charge in [-0.2, -0.15) is 0 Å². The standard InChI is InChI=1S/C18H19ClN4O4/c1-11(22-25)12-5-4-6-13(9-12)18(2,3)21-17(24)20-14-7-8-15(19)16(10-14)23(26)27/h4-10,25H,1-3H3,(H2,20,21,24)/b22-11-. The summed E-state index contributed by atoms with van der Waals surface area (Å²) in [6, 6.07) is 10.7. The lowest BCUT2D eigenvalue weighted by atomic mass is 9.92. The highest BCUT2D eigenvalue weighted by molar-refractivity contribution is 6.32. The predicted octanol–water partition coefficient (Wildman–Crippen LogP) is 4.50. The molecule has 0 atom stereocenters. The van der Waals surface area contributed by atoms with E-state index in [0.29, 0.717) is 5.71 Å². The fourth-order valence-electron chi connectivity index (χ4n) is 2.44. The van der Waals surface area contributed by atoms with E-state index in [1.165, 1.54) is 18.2 Å². The van der Waals surface area contributed by atoms with Crippen LogP contribution >= 0.6 is 11.6 Å². The number of rotatable bonds is 5. The maximum absolute atomic E-state index is 12.4. The van der Waals surface area contributed by atoms with Crippen molar-refractivity contribution < 1.29 is 14.9 Å². The highest BCUT2D eigenvalue weighted by Crippen LogP contribution is 2.27. The van der Waals surface area contributed by atoms with Crippen LogP contribution in [0, 0.1) is 10.1 Å². The Kier molecular flexibility index (Phi) is 6.02. The third kappa shape index (κ3) is 4.95. The quantitative estimate of drug-likeness (QED) is 0.301. The molecule has 0 aliphatic rings. The summed E-state index contributed by atoms with van der Waals surface area (Å²) in [4.78, 5) is 22.7. The first-order chi connectivity index (χ1) is 12.6. The molecule has 2 aromatic carbocycles. The van der Waals surface area contributed by atoms with Crippen LogP contribution in [-0.2, 0) is 5.54 Å². The second-order valence-electron chi connectivity index (χ2n) is 6.39. The number of hydrogen-bond acceptors (Lipinski definition) is 5. The van der Waals surface area contributed by atoms with Gasteiger partial charge in [0.05, 0.1) is 16.2 Å². The molecule has 2 aromatic rings. The van der Waals surface area contributed by atoms with E-state index in [9.17, 15) is 14.9 Å². The number of oxime groups is 1. The number of anilines is 1. The Hall–Kier alpha value is -3.13. The van der Waals surface area contributed by atoms with E-state index in [1.807, 2.05) is 12.1 Å². The second kappa shape index (κ2) is 8.05. The Morgan fingerprint density at radius 2 is 1.96 bits per heavy atom. The number of nitrogens with zero attached hydrogens (tertiary/aromatic N) is 2. The molecule has 0 heterocycles. The molecule has 27 heavy (non-hydrogen) atoms. The SMILES string of the molecule is C/C(=N/O)c1cccc(C(C)(C)NC(=O)Nc2ccc(Cl)c([N+](=O)[O-])c2)c1. The molecule has 3 N–H and O–H groups in total. The average molecular weight is 391 g/mol. The maximum atomic E-state index is 12.4. The lowest BCUT2D eigenvalue weighted by molar-refractivity contribution is -0.384. The Morgan fingerprint density at radius 1 is 1.26 bits per heavy atom. The fraction of sp³-hybridized carbons (Fsp3) is 0.222. The van der Waals surface area contributed by atoms with Crippen LogP contribution in [-0.4, -0.2) is 21.9 Å². The third-order valence-corrected chi connectivity index (χ3v) is 4.30. The van der Waals surface area contributed by atoms with Crippen molar-refractivity contribution in [1.82, 2.24) is 5.32 Å². The van der Waals surface area contributed by atoms with Crippen LogP contribution in [0.25, 0.3) is 0 Å². The number of nitrogens with one attached hydrogen (secondary N) is 2. The van der Waals surface area contributed by atoms with Gasteiger partial charge in [0.2, 0.25) is 0 Å². The van der Waals surface area contributed by atoms with E-state index < -0.39 is 16.5 Å². The van der Waals surface area contributed by atoms with Gasteiger partial charge in [-0.15, -0.1) is 0 Å². The van der Waals surface area contributed by atoms with Crippen LogP contribution in [0.2, 0.25) is 5.02 Å². The molecule has 0 unspecified atom stereocenters. The van der Waals surface area contributed by atoms with Gasteiger partial charge in [-0.25, -0.2) is 4.79 Å². The van der Waals surface area contributed by atoms with Crippen molar-refractivity contribution in [3.63, 3.8) is 0 Å². The largest absolute Gasteiger partial charge is 0.411 e. The second-order valence-corrected chi connectivity index (χ2v) is 6.80. The van der Waals surface area contributed by atoms with E-state index in [4.69, 9.17) is 16.8 Å². The lowest BCUT2D eigenvalue weighted by Crippen LogP contribution is -2.43. The highest BCUT2D eigenvalue weighted by Gasteiger charge is 2.24. The molecule has 0 fully saturated rings. The molecule has 0 aromatic heterocycles. The Labute approximate surface area is 161 Å². The van der Waals surface area contributed by atoms with E-state index in [-0.39, 0.29) is 16.4 Å². The first kappa shape index (κ1) is 20.2. The molecular weight excluding hydrogens is 372 g/mol. The Bertz CT molecular complexity index is 912. The van der Waals surface area contributed by atoms with Crippen LogP contribution in [0.15, 0.2) is 47.6 Å². The van der Waals surface area contributed by atoms with Gasteiger partial charge in [0.1, 0.15) is 5.02 Å². The molecule has 8 nitrogen and oxygen atoms in total. The van der Waals surface area contributed by atoms with Gasteiger partial charge in [-0.3, -0.25) is 10.1 Å². The number of halogens is 1. The van der Waals surface area contributed by atoms with Crippen molar-refractivity contribution in [2.24, 2.45) is 5.16 Å². The van der Waals surface area contributed by atoms with Crippen molar-refractivity contribution in [2.45, 2.75) is 26.3 Å². The average Bonchev–Trinajstić information content (AvgIpc) is 2.62. The predicted molar refractivity (Wildman–Crippen MR) is 104 cm³/mol. The van der Waals surface area contributed by atoms with E-state index in [0.717, 1.165) is 11.1 Å². The zero-order chi connectivity index (χ0) is 20.2. The van der Waals surface area contributed by atoms with Gasteiger partial charge in [0.15, 0.2) is 0 Å². The summed E-state index contributed by atoms with van der Waals surface area (Å²) in [5.74, 6) is 0. The van der Waals surface area contributed by atoms with Gasteiger partial charge >= 0.3 is 6.03 Å². The van der Waals surface area contributed by atoms with Crippen molar-refractivity contribution in [3.8, 4) is 0 Å². The zero-order valence-corrected chi connectivity index (χ0v) is 15.7. The number of carbonyl (C=O) groups is 1. The number of urea groups is 1. The van der Waals surface area contributed by atoms with Gasteiger partial charge in [-0.1, -0.05) is 35.0 Å². The minimum absolute atomic E-state index is 0.0102. The molecule has 2 amide bonds. The summed E-state index contributed by atoms with van der Waals surface area (Å²) in [7, 11) is 0. The molecule has 0 saturated carbocycles. The van der Waals surface area contributed by atoms with Crippen LogP contribution in [0.3, 0.4) is 0 Å². The van der Waals surface area contributed by atoms with E-state index in [1.54, 1.807) is 32.9 Å². The summed E-state index contributed by atoms with van der Waals surface area (Å²) in [5.41, 5.74) is 1.16. The van der Waals surface area contributed by atoms with Crippen molar-refractivity contribution in [2.75, 3.05) is 5.32 Å². The first-order valence-corrected chi connectivity index (χ1v) is 8.34. The molecule has 0 saturated heterocycles. The maximum Gasteiger partial charge on any atom is 0.319 e. The highest BCUT2D eigenvalue weighted by atomic mass is 35.5. The first-order valence-electron chi connectivity index (χ1n) is 7.96.